The Labute approximate surface area is 112 Å². The third kappa shape index (κ3) is 3.75. The van der Waals surface area contributed by atoms with Crippen molar-refractivity contribution in [3.05, 3.63) is 17.7 Å². The summed E-state index contributed by atoms with van der Waals surface area (Å²) in [5.74, 6) is 0.588. The third-order valence-electron chi connectivity index (χ3n) is 2.79. The number of carboxylic acid groups (broad SMARTS) is 1. The van der Waals surface area contributed by atoms with Gasteiger partial charge in [0.2, 0.25) is 5.75 Å². The van der Waals surface area contributed by atoms with Gasteiger partial charge in [-0.25, -0.2) is 0 Å². The molecule has 0 saturated carbocycles. The van der Waals surface area contributed by atoms with Gasteiger partial charge in [-0.3, -0.25) is 4.79 Å². The Bertz CT molecular complexity index is 422. The van der Waals surface area contributed by atoms with Gasteiger partial charge in [0.25, 0.3) is 0 Å². The van der Waals surface area contributed by atoms with Crippen LogP contribution in [0.3, 0.4) is 0 Å². The van der Waals surface area contributed by atoms with Gasteiger partial charge < -0.3 is 25.1 Å². The number of nitrogens with two attached hydrogens (primary N) is 1. The van der Waals surface area contributed by atoms with Crippen LogP contribution in [0.5, 0.6) is 17.2 Å². The SMILES string of the molecule is COc1cc(CCC(N)C(=O)O)cc(OC)c1OC. The number of benzene rings is 1. The smallest absolute Gasteiger partial charge is 0.320 e. The van der Waals surface area contributed by atoms with E-state index >= 15 is 0 Å². The van der Waals surface area contributed by atoms with Crippen LogP contribution in [0.25, 0.3) is 0 Å². The molecule has 0 bridgehead atoms. The van der Waals surface area contributed by atoms with E-state index in [1.165, 1.54) is 21.3 Å². The molecule has 0 spiro atoms. The number of carboxylic acids is 1. The van der Waals surface area contributed by atoms with Crippen LogP contribution in [0.2, 0.25) is 0 Å². The molecule has 0 fully saturated rings. The van der Waals surface area contributed by atoms with Gasteiger partial charge in [-0.2, -0.15) is 0 Å². The molecule has 0 aromatic heterocycles. The molecule has 106 valence electrons. The zero-order valence-corrected chi connectivity index (χ0v) is 11.3. The number of hydrogen-bond donors (Lipinski definition) is 2. The maximum atomic E-state index is 10.7. The van der Waals surface area contributed by atoms with Gasteiger partial charge in [0.15, 0.2) is 11.5 Å². The van der Waals surface area contributed by atoms with Crippen molar-refractivity contribution in [2.75, 3.05) is 21.3 Å². The molecule has 1 aromatic rings. The first-order chi connectivity index (χ1) is 9.03. The Kier molecular flexibility index (Phi) is 5.44. The normalized spacial score (nSPS) is 11.8. The zero-order chi connectivity index (χ0) is 14.4. The molecule has 0 radical (unpaired) electrons. The summed E-state index contributed by atoms with van der Waals surface area (Å²) >= 11 is 0. The second-order valence-corrected chi connectivity index (χ2v) is 4.02. The molecule has 1 rings (SSSR count). The minimum absolute atomic E-state index is 0.341. The maximum absolute atomic E-state index is 10.7. The number of carbonyl (C=O) groups is 1. The van der Waals surface area contributed by atoms with E-state index in [-0.39, 0.29) is 0 Å². The summed E-state index contributed by atoms with van der Waals surface area (Å²) in [6.45, 7) is 0. The monoisotopic (exact) mass is 269 g/mol. The maximum Gasteiger partial charge on any atom is 0.320 e. The highest BCUT2D eigenvalue weighted by Gasteiger charge is 2.15. The second-order valence-electron chi connectivity index (χ2n) is 4.02. The van der Waals surface area contributed by atoms with Gasteiger partial charge in [-0.15, -0.1) is 0 Å². The van der Waals surface area contributed by atoms with Crippen LogP contribution in [-0.2, 0) is 11.2 Å². The van der Waals surface area contributed by atoms with Crippen molar-refractivity contribution < 1.29 is 24.1 Å². The predicted octanol–water partition coefficient (Wildman–Crippen LogP) is 1.06. The van der Waals surface area contributed by atoms with E-state index in [4.69, 9.17) is 25.1 Å². The van der Waals surface area contributed by atoms with E-state index in [1.54, 1.807) is 12.1 Å². The molecule has 0 saturated heterocycles. The Hall–Kier alpha value is -1.95. The molecule has 6 nitrogen and oxygen atoms in total. The van der Waals surface area contributed by atoms with Gasteiger partial charge in [0, 0.05) is 0 Å². The molecule has 1 atom stereocenters. The highest BCUT2D eigenvalue weighted by molar-refractivity contribution is 5.73. The van der Waals surface area contributed by atoms with Crippen molar-refractivity contribution in [3.63, 3.8) is 0 Å². The van der Waals surface area contributed by atoms with E-state index in [0.29, 0.717) is 30.1 Å². The number of methoxy groups -OCH3 is 3. The number of aliphatic carboxylic acids is 1. The Morgan fingerprint density at radius 2 is 1.74 bits per heavy atom. The van der Waals surface area contributed by atoms with E-state index in [1.807, 2.05) is 0 Å². The minimum atomic E-state index is -1.01. The van der Waals surface area contributed by atoms with Crippen molar-refractivity contribution in [3.8, 4) is 17.2 Å². The largest absolute Gasteiger partial charge is 0.493 e. The van der Waals surface area contributed by atoms with Crippen molar-refractivity contribution in [1.29, 1.82) is 0 Å². The van der Waals surface area contributed by atoms with E-state index in [0.717, 1.165) is 5.56 Å². The number of ether oxygens (including phenoxy) is 3. The van der Waals surface area contributed by atoms with Crippen LogP contribution in [0.4, 0.5) is 0 Å². The lowest BCUT2D eigenvalue weighted by Crippen LogP contribution is -2.30. The van der Waals surface area contributed by atoms with Crippen molar-refractivity contribution in [2.24, 2.45) is 5.73 Å². The molecule has 0 aliphatic heterocycles. The van der Waals surface area contributed by atoms with Crippen molar-refractivity contribution in [2.45, 2.75) is 18.9 Å². The highest BCUT2D eigenvalue weighted by atomic mass is 16.5. The molecule has 6 heteroatoms. The summed E-state index contributed by atoms with van der Waals surface area (Å²) < 4.78 is 15.7. The minimum Gasteiger partial charge on any atom is -0.493 e. The van der Waals surface area contributed by atoms with Crippen LogP contribution < -0.4 is 19.9 Å². The van der Waals surface area contributed by atoms with Gasteiger partial charge in [0.05, 0.1) is 21.3 Å². The first-order valence-electron chi connectivity index (χ1n) is 5.80. The summed E-state index contributed by atoms with van der Waals surface area (Å²) in [5, 5.41) is 8.75. The molecular weight excluding hydrogens is 250 g/mol. The molecule has 0 aliphatic carbocycles. The fourth-order valence-electron chi connectivity index (χ4n) is 1.73. The fraction of sp³-hybridized carbons (Fsp3) is 0.462. The molecule has 0 aliphatic rings. The molecule has 3 N–H and O–H groups in total. The average molecular weight is 269 g/mol. The van der Waals surface area contributed by atoms with Crippen LogP contribution in [0.15, 0.2) is 12.1 Å². The number of rotatable bonds is 7. The topological polar surface area (TPSA) is 91.0 Å². The number of hydrogen-bond acceptors (Lipinski definition) is 5. The average Bonchev–Trinajstić information content (AvgIpc) is 2.42. The van der Waals surface area contributed by atoms with Gasteiger partial charge in [0.1, 0.15) is 6.04 Å². The Balaban J connectivity index is 2.93. The van der Waals surface area contributed by atoms with Crippen LogP contribution in [0, 0.1) is 0 Å². The fourth-order valence-corrected chi connectivity index (χ4v) is 1.73. The molecule has 1 aromatic carbocycles. The molecule has 19 heavy (non-hydrogen) atoms. The van der Waals surface area contributed by atoms with E-state index in [9.17, 15) is 4.79 Å². The highest BCUT2D eigenvalue weighted by Crippen LogP contribution is 2.38. The summed E-state index contributed by atoms with van der Waals surface area (Å²) in [5.41, 5.74) is 6.36. The lowest BCUT2D eigenvalue weighted by molar-refractivity contribution is -0.138. The Morgan fingerprint density at radius 3 is 2.11 bits per heavy atom. The number of aryl methyl sites for hydroxylation is 1. The third-order valence-corrected chi connectivity index (χ3v) is 2.79. The molecule has 1 unspecified atom stereocenters. The predicted molar refractivity (Wildman–Crippen MR) is 70.0 cm³/mol. The van der Waals surface area contributed by atoms with E-state index in [2.05, 4.69) is 0 Å². The summed E-state index contributed by atoms with van der Waals surface area (Å²) in [6, 6.07) is 2.70. The lowest BCUT2D eigenvalue weighted by atomic mass is 10.0. The van der Waals surface area contributed by atoms with Gasteiger partial charge in [-0.05, 0) is 30.5 Å². The second kappa shape index (κ2) is 6.84. The summed E-state index contributed by atoms with van der Waals surface area (Å²) in [7, 11) is 4.59. The first-order valence-corrected chi connectivity index (χ1v) is 5.80. The Morgan fingerprint density at radius 1 is 1.21 bits per heavy atom. The summed E-state index contributed by atoms with van der Waals surface area (Å²) in [6.07, 6.45) is 0.859. The van der Waals surface area contributed by atoms with Crippen molar-refractivity contribution in [1.82, 2.24) is 0 Å². The first kappa shape index (κ1) is 15.1. The lowest BCUT2D eigenvalue weighted by Gasteiger charge is -2.14. The summed E-state index contributed by atoms with van der Waals surface area (Å²) in [4.78, 5) is 10.7. The van der Waals surface area contributed by atoms with E-state index < -0.39 is 12.0 Å². The van der Waals surface area contributed by atoms with Gasteiger partial charge in [-0.1, -0.05) is 0 Å². The molecule has 0 heterocycles. The molecular formula is C13H19NO5. The van der Waals surface area contributed by atoms with Crippen LogP contribution in [0.1, 0.15) is 12.0 Å². The van der Waals surface area contributed by atoms with Gasteiger partial charge >= 0.3 is 5.97 Å². The molecule has 0 amide bonds. The standard InChI is InChI=1S/C13H19NO5/c1-17-10-6-8(4-5-9(14)13(15)16)7-11(18-2)12(10)19-3/h6-7,9H,4-5,14H2,1-3H3,(H,15,16). The quantitative estimate of drug-likeness (QED) is 0.769. The zero-order valence-electron chi connectivity index (χ0n) is 11.3. The van der Waals surface area contributed by atoms with Crippen LogP contribution in [-0.4, -0.2) is 38.4 Å². The van der Waals surface area contributed by atoms with Crippen molar-refractivity contribution >= 4 is 5.97 Å². The van der Waals surface area contributed by atoms with Crippen LogP contribution >= 0.6 is 0 Å².